The fourth-order valence-corrected chi connectivity index (χ4v) is 3.22. The zero-order chi connectivity index (χ0) is 16.9. The monoisotopic (exact) mass is 363 g/mol. The van der Waals surface area contributed by atoms with Gasteiger partial charge in [0.15, 0.2) is 5.11 Å². The van der Waals surface area contributed by atoms with Crippen LogP contribution < -0.4 is 10.6 Å². The number of rotatable bonds is 4. The molecule has 0 unspecified atom stereocenters. The summed E-state index contributed by atoms with van der Waals surface area (Å²) in [7, 11) is 0. The first kappa shape index (κ1) is 17.1. The molecule has 3 nitrogen and oxygen atoms in total. The van der Waals surface area contributed by atoms with E-state index in [0.717, 1.165) is 32.6 Å². The Labute approximate surface area is 151 Å². The Hall–Kier alpha value is -1.69. The third-order valence-electron chi connectivity index (χ3n) is 4.10. The minimum Gasteiger partial charge on any atom is -0.361 e. The molecule has 0 atom stereocenters. The van der Waals surface area contributed by atoms with Gasteiger partial charge in [0.1, 0.15) is 5.82 Å². The molecule has 0 fully saturated rings. The second-order valence-corrected chi connectivity index (χ2v) is 6.62. The second-order valence-electron chi connectivity index (χ2n) is 5.80. The van der Waals surface area contributed by atoms with Gasteiger partial charge in [0.05, 0.1) is 5.02 Å². The summed E-state index contributed by atoms with van der Waals surface area (Å²) in [6.07, 6.45) is 1.09. The highest BCUT2D eigenvalue weighted by Crippen LogP contribution is 2.19. The van der Waals surface area contributed by atoms with Crippen molar-refractivity contribution in [2.75, 3.05) is 25.0 Å². The van der Waals surface area contributed by atoms with Crippen LogP contribution >= 0.6 is 23.8 Å². The number of anilines is 1. The summed E-state index contributed by atoms with van der Waals surface area (Å²) in [6, 6.07) is 13.0. The smallest absolute Gasteiger partial charge is 0.170 e. The zero-order valence-corrected chi connectivity index (χ0v) is 14.8. The molecule has 0 aromatic heterocycles. The lowest BCUT2D eigenvalue weighted by Gasteiger charge is -2.28. The van der Waals surface area contributed by atoms with Crippen molar-refractivity contribution in [3.63, 3.8) is 0 Å². The highest BCUT2D eigenvalue weighted by Gasteiger charge is 2.15. The minimum absolute atomic E-state index is 0.0785. The lowest BCUT2D eigenvalue weighted by atomic mass is 10.00. The Kier molecular flexibility index (Phi) is 5.66. The van der Waals surface area contributed by atoms with Gasteiger partial charge in [0.25, 0.3) is 0 Å². The molecule has 0 spiro atoms. The van der Waals surface area contributed by atoms with E-state index in [1.54, 1.807) is 6.07 Å². The highest BCUT2D eigenvalue weighted by atomic mass is 35.5. The molecule has 2 N–H and O–H groups in total. The lowest BCUT2D eigenvalue weighted by Crippen LogP contribution is -2.39. The van der Waals surface area contributed by atoms with Gasteiger partial charge < -0.3 is 10.6 Å². The van der Waals surface area contributed by atoms with Crippen molar-refractivity contribution in [3.8, 4) is 0 Å². The molecule has 126 valence electrons. The van der Waals surface area contributed by atoms with E-state index in [-0.39, 0.29) is 5.02 Å². The third kappa shape index (κ3) is 4.44. The Balaban J connectivity index is 1.43. The van der Waals surface area contributed by atoms with Crippen LogP contribution in [-0.2, 0) is 13.0 Å². The van der Waals surface area contributed by atoms with Crippen molar-refractivity contribution in [3.05, 3.63) is 64.4 Å². The Morgan fingerprint density at radius 3 is 2.79 bits per heavy atom. The zero-order valence-electron chi connectivity index (χ0n) is 13.2. The van der Waals surface area contributed by atoms with Gasteiger partial charge in [0.2, 0.25) is 0 Å². The molecule has 0 saturated carbocycles. The van der Waals surface area contributed by atoms with E-state index in [2.05, 4.69) is 39.8 Å². The van der Waals surface area contributed by atoms with Crippen molar-refractivity contribution in [1.82, 2.24) is 10.2 Å². The largest absolute Gasteiger partial charge is 0.361 e. The first-order valence-corrected chi connectivity index (χ1v) is 8.69. The lowest BCUT2D eigenvalue weighted by molar-refractivity contribution is 0.258. The molecule has 0 saturated heterocycles. The van der Waals surface area contributed by atoms with Crippen molar-refractivity contribution < 1.29 is 4.39 Å². The fraction of sp³-hybridized carbons (Fsp3) is 0.278. The van der Waals surface area contributed by atoms with Crippen LogP contribution in [0.1, 0.15) is 11.1 Å². The second kappa shape index (κ2) is 7.92. The molecule has 2 aromatic carbocycles. The third-order valence-corrected chi connectivity index (χ3v) is 4.64. The Bertz CT molecular complexity index is 738. The quantitative estimate of drug-likeness (QED) is 0.807. The van der Waals surface area contributed by atoms with Crippen molar-refractivity contribution >= 4 is 34.6 Å². The normalized spacial score (nSPS) is 14.1. The number of nitrogens with zero attached hydrogens (tertiary/aromatic N) is 1. The van der Waals surface area contributed by atoms with E-state index in [1.165, 1.54) is 23.3 Å². The van der Waals surface area contributed by atoms with Gasteiger partial charge in [-0.2, -0.15) is 0 Å². The van der Waals surface area contributed by atoms with Crippen LogP contribution in [0.15, 0.2) is 42.5 Å². The molecule has 0 bridgehead atoms. The van der Waals surface area contributed by atoms with E-state index in [4.69, 9.17) is 23.8 Å². The average Bonchev–Trinajstić information content (AvgIpc) is 2.58. The highest BCUT2D eigenvalue weighted by molar-refractivity contribution is 7.80. The summed E-state index contributed by atoms with van der Waals surface area (Å²) < 4.78 is 13.1. The van der Waals surface area contributed by atoms with Gasteiger partial charge in [-0.25, -0.2) is 4.39 Å². The van der Waals surface area contributed by atoms with E-state index in [0.29, 0.717) is 10.8 Å². The van der Waals surface area contributed by atoms with Crippen LogP contribution in [0, 0.1) is 5.82 Å². The molecule has 0 aliphatic carbocycles. The molecular weight excluding hydrogens is 345 g/mol. The molecule has 1 aliphatic heterocycles. The van der Waals surface area contributed by atoms with Crippen LogP contribution in [0.4, 0.5) is 10.1 Å². The Morgan fingerprint density at radius 1 is 1.21 bits per heavy atom. The van der Waals surface area contributed by atoms with E-state index in [9.17, 15) is 4.39 Å². The van der Waals surface area contributed by atoms with Gasteiger partial charge in [-0.1, -0.05) is 35.9 Å². The van der Waals surface area contributed by atoms with Crippen molar-refractivity contribution in [1.29, 1.82) is 0 Å². The first-order chi connectivity index (χ1) is 11.6. The van der Waals surface area contributed by atoms with E-state index in [1.807, 2.05) is 0 Å². The molecule has 2 aromatic rings. The first-order valence-electron chi connectivity index (χ1n) is 7.91. The molecular formula is C18H19ClFN3S. The molecule has 1 aliphatic rings. The predicted molar refractivity (Wildman–Crippen MR) is 101 cm³/mol. The SMILES string of the molecule is Fc1ccc(NC(=S)NCCN2CCc3ccccc3C2)cc1Cl. The van der Waals surface area contributed by atoms with Crippen LogP contribution in [0.25, 0.3) is 0 Å². The standard InChI is InChI=1S/C18H19ClFN3S/c19-16-11-15(5-6-17(16)20)22-18(24)21-8-10-23-9-7-13-3-1-2-4-14(13)12-23/h1-6,11H,7-10,12H2,(H2,21,22,24). The Morgan fingerprint density at radius 2 is 2.00 bits per heavy atom. The summed E-state index contributed by atoms with van der Waals surface area (Å²) >= 11 is 11.0. The maximum atomic E-state index is 13.1. The molecule has 6 heteroatoms. The van der Waals surface area contributed by atoms with Crippen molar-refractivity contribution in [2.24, 2.45) is 0 Å². The van der Waals surface area contributed by atoms with Gasteiger partial charge >= 0.3 is 0 Å². The summed E-state index contributed by atoms with van der Waals surface area (Å²) in [5, 5.41) is 6.78. The van der Waals surface area contributed by atoms with E-state index < -0.39 is 5.82 Å². The number of nitrogens with one attached hydrogen (secondary N) is 2. The predicted octanol–water partition coefficient (Wildman–Crippen LogP) is 3.82. The summed E-state index contributed by atoms with van der Waals surface area (Å²) in [6.45, 7) is 3.71. The average molecular weight is 364 g/mol. The topological polar surface area (TPSA) is 27.3 Å². The van der Waals surface area contributed by atoms with E-state index >= 15 is 0 Å². The van der Waals surface area contributed by atoms with Crippen LogP contribution in [0.3, 0.4) is 0 Å². The summed E-state index contributed by atoms with van der Waals surface area (Å²) in [5.41, 5.74) is 3.53. The van der Waals surface area contributed by atoms with Crippen LogP contribution in [0.2, 0.25) is 5.02 Å². The molecule has 3 rings (SSSR count). The van der Waals surface area contributed by atoms with Crippen LogP contribution in [-0.4, -0.2) is 29.6 Å². The molecule has 0 amide bonds. The van der Waals surface area contributed by atoms with Gasteiger partial charge in [-0.05, 0) is 48.0 Å². The summed E-state index contributed by atoms with van der Waals surface area (Å²) in [4.78, 5) is 2.41. The minimum atomic E-state index is -0.438. The number of fused-ring (bicyclic) bond motifs is 1. The molecule has 1 heterocycles. The van der Waals surface area contributed by atoms with Crippen molar-refractivity contribution in [2.45, 2.75) is 13.0 Å². The fourth-order valence-electron chi connectivity index (χ4n) is 2.82. The van der Waals surface area contributed by atoms with Gasteiger partial charge in [-0.3, -0.25) is 4.90 Å². The molecule has 24 heavy (non-hydrogen) atoms. The van der Waals surface area contributed by atoms with Gasteiger partial charge in [-0.15, -0.1) is 0 Å². The molecule has 0 radical (unpaired) electrons. The number of thiocarbonyl (C=S) groups is 1. The number of halogens is 2. The maximum absolute atomic E-state index is 13.1. The van der Waals surface area contributed by atoms with Gasteiger partial charge in [0, 0.05) is 31.9 Å². The number of hydrogen-bond acceptors (Lipinski definition) is 2. The maximum Gasteiger partial charge on any atom is 0.170 e. The summed E-state index contributed by atoms with van der Waals surface area (Å²) in [5.74, 6) is -0.438. The van der Waals surface area contributed by atoms with Crippen LogP contribution in [0.5, 0.6) is 0 Å². The number of hydrogen-bond donors (Lipinski definition) is 2. The number of benzene rings is 2.